The summed E-state index contributed by atoms with van der Waals surface area (Å²) in [4.78, 5) is 22.5. The Balaban J connectivity index is 2.97. The largest absolute Gasteiger partial charge is 0.416 e. The van der Waals surface area contributed by atoms with Gasteiger partial charge < -0.3 is 11.1 Å². The highest BCUT2D eigenvalue weighted by Gasteiger charge is 2.31. The Morgan fingerprint density at radius 2 is 1.95 bits per heavy atom. The molecule has 1 atom stereocenters. The minimum absolute atomic E-state index is 0.0129. The number of nitrogens with one attached hydrogen (secondary N) is 1. The van der Waals surface area contributed by atoms with Crippen molar-refractivity contribution in [3.8, 4) is 0 Å². The number of hydrogen-bond acceptors (Lipinski definition) is 2. The van der Waals surface area contributed by atoms with Gasteiger partial charge >= 0.3 is 6.18 Å². The van der Waals surface area contributed by atoms with Gasteiger partial charge in [-0.05, 0) is 41.1 Å². The van der Waals surface area contributed by atoms with Crippen LogP contribution in [0.3, 0.4) is 0 Å². The van der Waals surface area contributed by atoms with Crippen LogP contribution in [0.15, 0.2) is 22.7 Å². The molecular weight excluding hydrogens is 329 g/mol. The lowest BCUT2D eigenvalue weighted by atomic mass is 10.1. The quantitative estimate of drug-likeness (QED) is 0.885. The highest BCUT2D eigenvalue weighted by atomic mass is 79.9. The fourth-order valence-electron chi connectivity index (χ4n) is 1.22. The van der Waals surface area contributed by atoms with E-state index in [9.17, 15) is 22.8 Å². The maximum atomic E-state index is 12.4. The number of nitrogens with two attached hydrogens (primary N) is 1. The molecule has 2 amide bonds. The summed E-state index contributed by atoms with van der Waals surface area (Å²) in [5.74, 6) is -1.43. The van der Waals surface area contributed by atoms with Crippen LogP contribution in [-0.2, 0) is 11.0 Å². The second-order valence-electron chi connectivity index (χ2n) is 3.79. The third kappa shape index (κ3) is 3.95. The standard InChI is InChI=1S/C11H10BrF3N2O2/c1-5(9(16)18)17-10(19)7-3-2-6(4-8(7)12)11(13,14)15/h2-5H,1H3,(H2,16,18)(H,17,19)/t5-/m0/s1. The van der Waals surface area contributed by atoms with E-state index in [2.05, 4.69) is 21.2 Å². The van der Waals surface area contributed by atoms with Crippen molar-refractivity contribution in [1.29, 1.82) is 0 Å². The van der Waals surface area contributed by atoms with E-state index in [4.69, 9.17) is 5.73 Å². The van der Waals surface area contributed by atoms with E-state index >= 15 is 0 Å². The van der Waals surface area contributed by atoms with Gasteiger partial charge in [0, 0.05) is 4.47 Å². The predicted molar refractivity (Wildman–Crippen MR) is 65.3 cm³/mol. The average Bonchev–Trinajstić information content (AvgIpc) is 2.27. The van der Waals surface area contributed by atoms with Crippen LogP contribution in [0.4, 0.5) is 13.2 Å². The summed E-state index contributed by atoms with van der Waals surface area (Å²) in [5.41, 5.74) is 4.08. The van der Waals surface area contributed by atoms with Gasteiger partial charge in [0.15, 0.2) is 0 Å². The van der Waals surface area contributed by atoms with Crippen molar-refractivity contribution in [2.24, 2.45) is 5.73 Å². The fourth-order valence-corrected chi connectivity index (χ4v) is 1.78. The van der Waals surface area contributed by atoms with E-state index in [1.165, 1.54) is 6.92 Å². The van der Waals surface area contributed by atoms with Gasteiger partial charge in [0.25, 0.3) is 5.91 Å². The molecule has 1 rings (SSSR count). The van der Waals surface area contributed by atoms with E-state index in [0.29, 0.717) is 0 Å². The number of carbonyl (C=O) groups excluding carboxylic acids is 2. The third-order valence-electron chi connectivity index (χ3n) is 2.32. The van der Waals surface area contributed by atoms with Crippen LogP contribution in [0.2, 0.25) is 0 Å². The number of primary amides is 1. The zero-order valence-corrected chi connectivity index (χ0v) is 11.3. The highest BCUT2D eigenvalue weighted by molar-refractivity contribution is 9.10. The van der Waals surface area contributed by atoms with Crippen LogP contribution < -0.4 is 11.1 Å². The maximum absolute atomic E-state index is 12.4. The van der Waals surface area contributed by atoms with Crippen LogP contribution in [0.5, 0.6) is 0 Å². The van der Waals surface area contributed by atoms with Gasteiger partial charge in [-0.2, -0.15) is 13.2 Å². The number of alkyl halides is 3. The molecule has 19 heavy (non-hydrogen) atoms. The monoisotopic (exact) mass is 338 g/mol. The zero-order chi connectivity index (χ0) is 14.8. The normalized spacial score (nSPS) is 12.9. The van der Waals surface area contributed by atoms with Gasteiger partial charge in [0.1, 0.15) is 6.04 Å². The van der Waals surface area contributed by atoms with Crippen molar-refractivity contribution in [2.45, 2.75) is 19.1 Å². The van der Waals surface area contributed by atoms with E-state index in [1.54, 1.807) is 0 Å². The van der Waals surface area contributed by atoms with E-state index in [1.807, 2.05) is 0 Å². The second-order valence-corrected chi connectivity index (χ2v) is 4.64. The molecule has 0 spiro atoms. The molecule has 0 fully saturated rings. The predicted octanol–water partition coefficient (Wildman–Crippen LogP) is 2.07. The molecule has 1 aromatic carbocycles. The first kappa shape index (κ1) is 15.5. The lowest BCUT2D eigenvalue weighted by Crippen LogP contribution is -2.42. The minimum atomic E-state index is -4.49. The highest BCUT2D eigenvalue weighted by Crippen LogP contribution is 2.32. The summed E-state index contributed by atoms with van der Waals surface area (Å²) in [6, 6.07) is 1.69. The molecule has 0 unspecified atom stereocenters. The first-order valence-electron chi connectivity index (χ1n) is 5.10. The first-order chi connectivity index (χ1) is 8.62. The third-order valence-corrected chi connectivity index (χ3v) is 2.97. The smallest absolute Gasteiger partial charge is 0.368 e. The van der Waals surface area contributed by atoms with Gasteiger partial charge in [-0.15, -0.1) is 0 Å². The summed E-state index contributed by atoms with van der Waals surface area (Å²) in [6.07, 6.45) is -4.49. The Bertz CT molecular complexity index is 517. The second kappa shape index (κ2) is 5.60. The van der Waals surface area contributed by atoms with Crippen molar-refractivity contribution < 1.29 is 22.8 Å². The molecule has 0 saturated carbocycles. The Hall–Kier alpha value is -1.57. The number of rotatable bonds is 3. The summed E-state index contributed by atoms with van der Waals surface area (Å²) in [5, 5.41) is 2.27. The molecule has 0 heterocycles. The maximum Gasteiger partial charge on any atom is 0.416 e. The van der Waals surface area contributed by atoms with Gasteiger partial charge in [-0.1, -0.05) is 0 Å². The summed E-state index contributed by atoms with van der Waals surface area (Å²) >= 11 is 2.89. The van der Waals surface area contributed by atoms with E-state index in [0.717, 1.165) is 18.2 Å². The average molecular weight is 339 g/mol. The number of hydrogen-bond donors (Lipinski definition) is 2. The Morgan fingerprint density at radius 3 is 2.37 bits per heavy atom. The zero-order valence-electron chi connectivity index (χ0n) is 9.72. The van der Waals surface area contributed by atoms with Crippen molar-refractivity contribution in [3.05, 3.63) is 33.8 Å². The molecule has 3 N–H and O–H groups in total. The van der Waals surface area contributed by atoms with Crippen LogP contribution in [-0.4, -0.2) is 17.9 Å². The number of halogens is 4. The molecule has 0 bridgehead atoms. The van der Waals surface area contributed by atoms with Gasteiger partial charge in [0.2, 0.25) is 5.91 Å². The van der Waals surface area contributed by atoms with Crippen LogP contribution in [0.25, 0.3) is 0 Å². The molecule has 0 radical (unpaired) electrons. The molecule has 1 aromatic rings. The lowest BCUT2D eigenvalue weighted by molar-refractivity contribution is -0.137. The van der Waals surface area contributed by atoms with Gasteiger partial charge in [-0.25, -0.2) is 0 Å². The van der Waals surface area contributed by atoms with Crippen molar-refractivity contribution in [3.63, 3.8) is 0 Å². The molecule has 4 nitrogen and oxygen atoms in total. The summed E-state index contributed by atoms with van der Waals surface area (Å²) in [6.45, 7) is 1.37. The van der Waals surface area contributed by atoms with Gasteiger partial charge in [0.05, 0.1) is 11.1 Å². The molecule has 0 aliphatic carbocycles. The summed E-state index contributed by atoms with van der Waals surface area (Å²) < 4.78 is 37.3. The Morgan fingerprint density at radius 1 is 1.37 bits per heavy atom. The summed E-state index contributed by atoms with van der Waals surface area (Å²) in [7, 11) is 0. The van der Waals surface area contributed by atoms with Crippen molar-refractivity contribution >= 4 is 27.7 Å². The van der Waals surface area contributed by atoms with Crippen LogP contribution >= 0.6 is 15.9 Å². The molecular formula is C11H10BrF3N2O2. The molecule has 8 heteroatoms. The fraction of sp³-hybridized carbons (Fsp3) is 0.273. The first-order valence-corrected chi connectivity index (χ1v) is 5.89. The van der Waals surface area contributed by atoms with Crippen LogP contribution in [0, 0.1) is 0 Å². The number of benzene rings is 1. The molecule has 104 valence electrons. The van der Waals surface area contributed by atoms with Crippen molar-refractivity contribution in [1.82, 2.24) is 5.32 Å². The number of amides is 2. The Kier molecular flexibility index (Phi) is 4.56. The molecule has 0 aliphatic rings. The Labute approximate surface area is 115 Å². The molecule has 0 aliphatic heterocycles. The van der Waals surface area contributed by atoms with E-state index in [-0.39, 0.29) is 10.0 Å². The molecule has 0 aromatic heterocycles. The van der Waals surface area contributed by atoms with E-state index < -0.39 is 29.6 Å². The SMILES string of the molecule is C[C@H](NC(=O)c1ccc(C(F)(F)F)cc1Br)C(N)=O. The van der Waals surface area contributed by atoms with Crippen LogP contribution in [0.1, 0.15) is 22.8 Å². The van der Waals surface area contributed by atoms with Gasteiger partial charge in [-0.3, -0.25) is 9.59 Å². The van der Waals surface area contributed by atoms with Crippen molar-refractivity contribution in [2.75, 3.05) is 0 Å². The number of carbonyl (C=O) groups is 2. The topological polar surface area (TPSA) is 72.2 Å². The lowest BCUT2D eigenvalue weighted by Gasteiger charge is -2.13. The minimum Gasteiger partial charge on any atom is -0.368 e. The molecule has 0 saturated heterocycles.